The molecule has 1 heterocycles. The SMILES string of the molecule is CNC1CCCN(CC(=O)NCCc2ccccc2C)C1. The van der Waals surface area contributed by atoms with E-state index in [1.165, 1.54) is 24.0 Å². The summed E-state index contributed by atoms with van der Waals surface area (Å²) < 4.78 is 0. The smallest absolute Gasteiger partial charge is 0.234 e. The van der Waals surface area contributed by atoms with Crippen molar-refractivity contribution < 1.29 is 4.79 Å². The fraction of sp³-hybridized carbons (Fsp3) is 0.588. The quantitative estimate of drug-likeness (QED) is 0.830. The molecule has 0 radical (unpaired) electrons. The van der Waals surface area contributed by atoms with Crippen LogP contribution in [-0.4, -0.2) is 50.1 Å². The van der Waals surface area contributed by atoms with E-state index in [0.29, 0.717) is 19.1 Å². The van der Waals surface area contributed by atoms with Crippen molar-refractivity contribution in [2.75, 3.05) is 33.2 Å². The third kappa shape index (κ3) is 5.14. The zero-order valence-corrected chi connectivity index (χ0v) is 13.2. The third-order valence-electron chi connectivity index (χ3n) is 4.26. The summed E-state index contributed by atoms with van der Waals surface area (Å²) in [6.07, 6.45) is 3.28. The van der Waals surface area contributed by atoms with Crippen LogP contribution in [0.25, 0.3) is 0 Å². The van der Waals surface area contributed by atoms with Gasteiger partial charge in [-0.05, 0) is 50.9 Å². The van der Waals surface area contributed by atoms with E-state index in [1.54, 1.807) is 0 Å². The Morgan fingerprint density at radius 1 is 1.38 bits per heavy atom. The molecule has 2 rings (SSSR count). The Morgan fingerprint density at radius 2 is 2.19 bits per heavy atom. The molecule has 21 heavy (non-hydrogen) atoms. The van der Waals surface area contributed by atoms with E-state index in [-0.39, 0.29) is 5.91 Å². The molecule has 4 heteroatoms. The topological polar surface area (TPSA) is 44.4 Å². The summed E-state index contributed by atoms with van der Waals surface area (Å²) in [7, 11) is 2.00. The average molecular weight is 289 g/mol. The van der Waals surface area contributed by atoms with Crippen molar-refractivity contribution >= 4 is 5.91 Å². The number of benzene rings is 1. The molecule has 0 aliphatic carbocycles. The maximum atomic E-state index is 12.0. The van der Waals surface area contributed by atoms with Gasteiger partial charge in [-0.2, -0.15) is 0 Å². The lowest BCUT2D eigenvalue weighted by molar-refractivity contribution is -0.122. The second-order valence-corrected chi connectivity index (χ2v) is 5.89. The summed E-state index contributed by atoms with van der Waals surface area (Å²) in [5, 5.41) is 6.34. The van der Waals surface area contributed by atoms with Gasteiger partial charge >= 0.3 is 0 Å². The van der Waals surface area contributed by atoms with Gasteiger partial charge in [0.25, 0.3) is 0 Å². The lowest BCUT2D eigenvalue weighted by atomic mass is 10.1. The third-order valence-corrected chi connectivity index (χ3v) is 4.26. The lowest BCUT2D eigenvalue weighted by Gasteiger charge is -2.31. The first-order chi connectivity index (χ1) is 10.2. The van der Waals surface area contributed by atoms with Crippen LogP contribution in [0.4, 0.5) is 0 Å². The van der Waals surface area contributed by atoms with E-state index in [1.807, 2.05) is 13.1 Å². The second kappa shape index (κ2) is 8.15. The van der Waals surface area contributed by atoms with Crippen LogP contribution in [-0.2, 0) is 11.2 Å². The molecule has 1 unspecified atom stereocenters. The number of rotatable bonds is 6. The molecule has 1 aliphatic rings. The van der Waals surface area contributed by atoms with Crippen molar-refractivity contribution in [3.8, 4) is 0 Å². The number of carbonyl (C=O) groups is 1. The Morgan fingerprint density at radius 3 is 2.95 bits per heavy atom. The molecular formula is C17H27N3O. The molecule has 0 spiro atoms. The molecule has 1 aromatic carbocycles. The van der Waals surface area contributed by atoms with Gasteiger partial charge in [-0.25, -0.2) is 0 Å². The molecular weight excluding hydrogens is 262 g/mol. The molecule has 1 fully saturated rings. The predicted molar refractivity (Wildman–Crippen MR) is 86.4 cm³/mol. The number of likely N-dealkylation sites (N-methyl/N-ethyl adjacent to an activating group) is 1. The number of aryl methyl sites for hydroxylation is 1. The second-order valence-electron chi connectivity index (χ2n) is 5.89. The van der Waals surface area contributed by atoms with E-state index in [0.717, 1.165) is 19.5 Å². The minimum absolute atomic E-state index is 0.139. The molecule has 0 aromatic heterocycles. The zero-order chi connectivity index (χ0) is 15.1. The van der Waals surface area contributed by atoms with Crippen molar-refractivity contribution in [3.05, 3.63) is 35.4 Å². The molecule has 1 atom stereocenters. The first kappa shape index (κ1) is 16.0. The molecule has 1 saturated heterocycles. The maximum Gasteiger partial charge on any atom is 0.234 e. The highest BCUT2D eigenvalue weighted by Gasteiger charge is 2.19. The fourth-order valence-electron chi connectivity index (χ4n) is 2.92. The highest BCUT2D eigenvalue weighted by Crippen LogP contribution is 2.09. The van der Waals surface area contributed by atoms with Crippen LogP contribution in [0.3, 0.4) is 0 Å². The minimum Gasteiger partial charge on any atom is -0.355 e. The van der Waals surface area contributed by atoms with Crippen LogP contribution in [0.15, 0.2) is 24.3 Å². The van der Waals surface area contributed by atoms with Crippen molar-refractivity contribution in [2.24, 2.45) is 0 Å². The van der Waals surface area contributed by atoms with Crippen molar-refractivity contribution in [2.45, 2.75) is 32.2 Å². The number of nitrogens with one attached hydrogen (secondary N) is 2. The molecule has 2 N–H and O–H groups in total. The number of nitrogens with zero attached hydrogens (tertiary/aromatic N) is 1. The molecule has 1 aliphatic heterocycles. The first-order valence-corrected chi connectivity index (χ1v) is 7.90. The summed E-state index contributed by atoms with van der Waals surface area (Å²) in [4.78, 5) is 14.3. The average Bonchev–Trinajstić information content (AvgIpc) is 2.49. The Hall–Kier alpha value is -1.39. The van der Waals surface area contributed by atoms with Crippen molar-refractivity contribution in [1.29, 1.82) is 0 Å². The highest BCUT2D eigenvalue weighted by molar-refractivity contribution is 5.78. The molecule has 116 valence electrons. The van der Waals surface area contributed by atoms with E-state index in [9.17, 15) is 4.79 Å². The van der Waals surface area contributed by atoms with Gasteiger partial charge in [0.1, 0.15) is 0 Å². The van der Waals surface area contributed by atoms with Crippen LogP contribution < -0.4 is 10.6 Å². The minimum atomic E-state index is 0.139. The van der Waals surface area contributed by atoms with Crippen LogP contribution in [0.5, 0.6) is 0 Å². The Bertz CT molecular complexity index is 461. The van der Waals surface area contributed by atoms with E-state index in [4.69, 9.17) is 0 Å². The van der Waals surface area contributed by atoms with Crippen LogP contribution >= 0.6 is 0 Å². The summed E-state index contributed by atoms with van der Waals surface area (Å²) in [5.41, 5.74) is 2.60. The fourth-order valence-corrected chi connectivity index (χ4v) is 2.92. The molecule has 1 amide bonds. The zero-order valence-electron chi connectivity index (χ0n) is 13.2. The largest absolute Gasteiger partial charge is 0.355 e. The summed E-state index contributed by atoms with van der Waals surface area (Å²) >= 11 is 0. The lowest BCUT2D eigenvalue weighted by Crippen LogP contribution is -2.48. The maximum absolute atomic E-state index is 12.0. The standard InChI is InChI=1S/C17H27N3O/c1-14-6-3-4-7-15(14)9-10-19-17(21)13-20-11-5-8-16(12-20)18-2/h3-4,6-7,16,18H,5,8-13H2,1-2H3,(H,19,21). The number of amides is 1. The summed E-state index contributed by atoms with van der Waals surface area (Å²) in [6, 6.07) is 8.87. The van der Waals surface area contributed by atoms with E-state index < -0.39 is 0 Å². The Kier molecular flexibility index (Phi) is 6.21. The van der Waals surface area contributed by atoms with Crippen molar-refractivity contribution in [3.63, 3.8) is 0 Å². The van der Waals surface area contributed by atoms with Gasteiger partial charge in [0, 0.05) is 19.1 Å². The Balaban J connectivity index is 1.69. The van der Waals surface area contributed by atoms with Gasteiger partial charge in [0.2, 0.25) is 5.91 Å². The number of likely N-dealkylation sites (tertiary alicyclic amines) is 1. The van der Waals surface area contributed by atoms with E-state index >= 15 is 0 Å². The number of hydrogen-bond acceptors (Lipinski definition) is 3. The van der Waals surface area contributed by atoms with Crippen LogP contribution in [0.2, 0.25) is 0 Å². The first-order valence-electron chi connectivity index (χ1n) is 7.90. The van der Waals surface area contributed by atoms with Gasteiger partial charge in [-0.3, -0.25) is 9.69 Å². The Labute approximate surface area is 127 Å². The molecule has 1 aromatic rings. The number of hydrogen-bond donors (Lipinski definition) is 2. The van der Waals surface area contributed by atoms with Gasteiger partial charge in [-0.1, -0.05) is 24.3 Å². The highest BCUT2D eigenvalue weighted by atomic mass is 16.2. The van der Waals surface area contributed by atoms with Gasteiger partial charge in [-0.15, -0.1) is 0 Å². The van der Waals surface area contributed by atoms with Crippen LogP contribution in [0, 0.1) is 6.92 Å². The number of piperidine rings is 1. The van der Waals surface area contributed by atoms with Gasteiger partial charge < -0.3 is 10.6 Å². The van der Waals surface area contributed by atoms with Gasteiger partial charge in [0.05, 0.1) is 6.54 Å². The molecule has 0 bridgehead atoms. The normalized spacial score (nSPS) is 19.4. The van der Waals surface area contributed by atoms with Crippen LogP contribution in [0.1, 0.15) is 24.0 Å². The van der Waals surface area contributed by atoms with E-state index in [2.05, 4.69) is 40.7 Å². The molecule has 4 nitrogen and oxygen atoms in total. The molecule has 0 saturated carbocycles. The predicted octanol–water partition coefficient (Wildman–Crippen LogP) is 1.34. The summed E-state index contributed by atoms with van der Waals surface area (Å²) in [6.45, 7) is 5.35. The number of carbonyl (C=O) groups excluding carboxylic acids is 1. The van der Waals surface area contributed by atoms with Crippen molar-refractivity contribution in [1.82, 2.24) is 15.5 Å². The van der Waals surface area contributed by atoms with Gasteiger partial charge in [0.15, 0.2) is 0 Å². The summed E-state index contributed by atoms with van der Waals surface area (Å²) in [5.74, 6) is 0.139. The monoisotopic (exact) mass is 289 g/mol.